The van der Waals surface area contributed by atoms with Gasteiger partial charge in [-0.2, -0.15) is 5.26 Å². The molecule has 0 aliphatic carbocycles. The van der Waals surface area contributed by atoms with Crippen LogP contribution in [0.5, 0.6) is 0 Å². The Morgan fingerprint density at radius 3 is 2.62 bits per heavy atom. The summed E-state index contributed by atoms with van der Waals surface area (Å²) in [5.41, 5.74) is 6.61. The molecule has 5 nitrogen and oxygen atoms in total. The number of nitrogen functional groups attached to an aromatic ring is 1. The first kappa shape index (κ1) is 12.5. The van der Waals surface area contributed by atoms with Crippen LogP contribution in [0.25, 0.3) is 0 Å². The van der Waals surface area contributed by atoms with Crippen molar-refractivity contribution in [3.05, 3.63) is 29.3 Å². The summed E-state index contributed by atoms with van der Waals surface area (Å²) in [5.74, 6) is 0. The molecule has 2 atom stereocenters. The van der Waals surface area contributed by atoms with E-state index < -0.39 is 12.2 Å². The highest BCUT2D eigenvalue weighted by Gasteiger charge is 2.20. The van der Waals surface area contributed by atoms with E-state index in [4.69, 9.17) is 16.1 Å². The van der Waals surface area contributed by atoms with Crippen molar-refractivity contribution in [1.29, 1.82) is 5.26 Å². The van der Waals surface area contributed by atoms with Gasteiger partial charge in [0.15, 0.2) is 0 Å². The lowest BCUT2D eigenvalue weighted by Gasteiger charge is -2.18. The molecule has 1 aromatic carbocycles. The van der Waals surface area contributed by atoms with Crippen LogP contribution in [0.15, 0.2) is 18.2 Å². The molecule has 0 radical (unpaired) electrons. The van der Waals surface area contributed by atoms with Gasteiger partial charge < -0.3 is 21.1 Å². The topological polar surface area (TPSA) is 111 Å². The van der Waals surface area contributed by atoms with Crippen molar-refractivity contribution in [3.63, 3.8) is 0 Å². The lowest BCUT2D eigenvalue weighted by atomic mass is 9.99. The number of aliphatic hydroxyl groups excluding tert-OH is 3. The Balaban J connectivity index is 2.98. The molecular formula is C11H14N2O3. The maximum Gasteiger partial charge on any atom is 0.107 e. The highest BCUT2D eigenvalue weighted by atomic mass is 16.3. The van der Waals surface area contributed by atoms with E-state index in [0.29, 0.717) is 16.8 Å². The quantitative estimate of drug-likeness (QED) is 0.532. The molecule has 5 heteroatoms. The number of benzene rings is 1. The molecule has 5 N–H and O–H groups in total. The molecule has 0 spiro atoms. The van der Waals surface area contributed by atoms with Crippen LogP contribution in [0, 0.1) is 11.3 Å². The number of anilines is 1. The average molecular weight is 222 g/mol. The van der Waals surface area contributed by atoms with E-state index in [1.165, 1.54) is 18.2 Å². The van der Waals surface area contributed by atoms with Crippen LogP contribution in [0.2, 0.25) is 0 Å². The van der Waals surface area contributed by atoms with E-state index in [1.54, 1.807) is 0 Å². The normalized spacial score (nSPS) is 14.1. The molecule has 1 aromatic rings. The molecular weight excluding hydrogens is 208 g/mol. The van der Waals surface area contributed by atoms with Gasteiger partial charge in [-0.1, -0.05) is 0 Å². The SMILES string of the molecule is N#Cc1ccc(N)c(C(O)C(O)CCO)c1. The lowest BCUT2D eigenvalue weighted by Crippen LogP contribution is -2.20. The van der Waals surface area contributed by atoms with E-state index in [-0.39, 0.29) is 13.0 Å². The highest BCUT2D eigenvalue weighted by Crippen LogP contribution is 2.25. The van der Waals surface area contributed by atoms with Crippen LogP contribution in [0.4, 0.5) is 5.69 Å². The molecule has 2 unspecified atom stereocenters. The van der Waals surface area contributed by atoms with Crippen LogP contribution in [-0.4, -0.2) is 28.0 Å². The van der Waals surface area contributed by atoms with Gasteiger partial charge >= 0.3 is 0 Å². The minimum atomic E-state index is -1.19. The molecule has 86 valence electrons. The fourth-order valence-corrected chi connectivity index (χ4v) is 1.40. The highest BCUT2D eigenvalue weighted by molar-refractivity contribution is 5.52. The number of nitrogens with two attached hydrogens (primary N) is 1. The Hall–Kier alpha value is -1.61. The van der Waals surface area contributed by atoms with Crippen molar-refractivity contribution in [2.45, 2.75) is 18.6 Å². The van der Waals surface area contributed by atoms with Crippen molar-refractivity contribution in [2.75, 3.05) is 12.3 Å². The standard InChI is InChI=1S/C11H14N2O3/c12-6-7-1-2-9(13)8(5-7)11(16)10(15)3-4-14/h1-2,5,10-11,14-16H,3-4,13H2. The second-order valence-corrected chi connectivity index (χ2v) is 3.48. The number of nitrogens with zero attached hydrogens (tertiary/aromatic N) is 1. The fourth-order valence-electron chi connectivity index (χ4n) is 1.40. The van der Waals surface area contributed by atoms with Crippen LogP contribution in [0.3, 0.4) is 0 Å². The summed E-state index contributed by atoms with van der Waals surface area (Å²) in [4.78, 5) is 0. The third-order valence-corrected chi connectivity index (χ3v) is 2.32. The molecule has 0 heterocycles. The summed E-state index contributed by atoms with van der Waals surface area (Å²) < 4.78 is 0. The fraction of sp³-hybridized carbons (Fsp3) is 0.364. The molecule has 0 amide bonds. The van der Waals surface area contributed by atoms with E-state index in [0.717, 1.165) is 0 Å². The van der Waals surface area contributed by atoms with Gasteiger partial charge in [-0.25, -0.2) is 0 Å². The van der Waals surface area contributed by atoms with Gasteiger partial charge in [0.05, 0.1) is 17.7 Å². The monoisotopic (exact) mass is 222 g/mol. The third kappa shape index (κ3) is 2.70. The van der Waals surface area contributed by atoms with Gasteiger partial charge in [0.1, 0.15) is 6.10 Å². The Morgan fingerprint density at radius 2 is 2.06 bits per heavy atom. The predicted octanol–water partition coefficient (Wildman–Crippen LogP) is -0.0828. The zero-order chi connectivity index (χ0) is 12.1. The van der Waals surface area contributed by atoms with Crippen LogP contribution in [-0.2, 0) is 0 Å². The minimum Gasteiger partial charge on any atom is -0.398 e. The van der Waals surface area contributed by atoms with Crippen molar-refractivity contribution >= 4 is 5.69 Å². The Morgan fingerprint density at radius 1 is 1.38 bits per heavy atom. The minimum absolute atomic E-state index is 0.0530. The second-order valence-electron chi connectivity index (χ2n) is 3.48. The van der Waals surface area contributed by atoms with Gasteiger partial charge in [0.25, 0.3) is 0 Å². The van der Waals surface area contributed by atoms with E-state index in [2.05, 4.69) is 0 Å². The first-order chi connectivity index (χ1) is 7.60. The van der Waals surface area contributed by atoms with Gasteiger partial charge in [0.2, 0.25) is 0 Å². The number of rotatable bonds is 4. The maximum absolute atomic E-state index is 9.77. The van der Waals surface area contributed by atoms with Crippen LogP contribution >= 0.6 is 0 Å². The summed E-state index contributed by atoms with van der Waals surface area (Å²) in [5, 5.41) is 36.6. The molecule has 1 rings (SSSR count). The summed E-state index contributed by atoms with van der Waals surface area (Å²) in [6.07, 6.45) is -2.24. The van der Waals surface area contributed by atoms with Gasteiger partial charge in [-0.05, 0) is 24.6 Å². The average Bonchev–Trinajstić information content (AvgIpc) is 2.29. The van der Waals surface area contributed by atoms with Crippen molar-refractivity contribution in [2.24, 2.45) is 0 Å². The molecule has 0 aliphatic rings. The Kier molecular flexibility index (Phi) is 4.26. The molecule has 0 bridgehead atoms. The summed E-state index contributed by atoms with van der Waals surface area (Å²) in [6, 6.07) is 6.39. The van der Waals surface area contributed by atoms with Gasteiger partial charge in [0, 0.05) is 17.9 Å². The lowest BCUT2D eigenvalue weighted by molar-refractivity contribution is 0.00460. The largest absolute Gasteiger partial charge is 0.398 e. The summed E-state index contributed by atoms with van der Waals surface area (Å²) in [6.45, 7) is -0.226. The number of hydrogen-bond donors (Lipinski definition) is 4. The van der Waals surface area contributed by atoms with Crippen molar-refractivity contribution < 1.29 is 15.3 Å². The summed E-state index contributed by atoms with van der Waals surface area (Å²) in [7, 11) is 0. The second kappa shape index (κ2) is 5.47. The smallest absolute Gasteiger partial charge is 0.107 e. The Bertz CT molecular complexity index is 401. The number of nitriles is 1. The van der Waals surface area contributed by atoms with Gasteiger partial charge in [-0.3, -0.25) is 0 Å². The molecule has 0 aliphatic heterocycles. The number of aliphatic hydroxyl groups is 3. The first-order valence-corrected chi connectivity index (χ1v) is 4.86. The molecule has 0 saturated heterocycles. The maximum atomic E-state index is 9.77. The van der Waals surface area contributed by atoms with E-state index in [9.17, 15) is 10.2 Å². The molecule has 0 saturated carbocycles. The zero-order valence-electron chi connectivity index (χ0n) is 8.67. The van der Waals surface area contributed by atoms with Crippen molar-refractivity contribution in [1.82, 2.24) is 0 Å². The number of hydrogen-bond acceptors (Lipinski definition) is 5. The molecule has 0 aromatic heterocycles. The molecule has 16 heavy (non-hydrogen) atoms. The van der Waals surface area contributed by atoms with Gasteiger partial charge in [-0.15, -0.1) is 0 Å². The molecule has 0 fully saturated rings. The summed E-state index contributed by atoms with van der Waals surface area (Å²) >= 11 is 0. The van der Waals surface area contributed by atoms with Crippen LogP contribution < -0.4 is 5.73 Å². The zero-order valence-corrected chi connectivity index (χ0v) is 8.67. The Labute approximate surface area is 93.4 Å². The van der Waals surface area contributed by atoms with E-state index in [1.807, 2.05) is 6.07 Å². The van der Waals surface area contributed by atoms with E-state index >= 15 is 0 Å². The predicted molar refractivity (Wildman–Crippen MR) is 58.2 cm³/mol. The van der Waals surface area contributed by atoms with Crippen molar-refractivity contribution in [3.8, 4) is 6.07 Å². The first-order valence-electron chi connectivity index (χ1n) is 4.86. The van der Waals surface area contributed by atoms with Crippen LogP contribution in [0.1, 0.15) is 23.7 Å². The third-order valence-electron chi connectivity index (χ3n) is 2.32.